The fourth-order valence-electron chi connectivity index (χ4n) is 10.2. The van der Waals surface area contributed by atoms with E-state index in [-0.39, 0.29) is 5.56 Å². The van der Waals surface area contributed by atoms with Crippen molar-refractivity contribution in [3.8, 4) is 45.8 Å². The van der Waals surface area contributed by atoms with Crippen LogP contribution in [-0.4, -0.2) is 9.13 Å². The first-order chi connectivity index (χ1) is 32.3. The first-order valence-electron chi connectivity index (χ1n) is 21.3. The second kappa shape index (κ2) is 14.1. The van der Waals surface area contributed by atoms with Gasteiger partial charge in [0.05, 0.1) is 56.6 Å². The van der Waals surface area contributed by atoms with E-state index in [1.165, 1.54) is 46.4 Å². The van der Waals surface area contributed by atoms with Gasteiger partial charge in [-0.05, 0) is 90.0 Å². The largest absolute Gasteiger partial charge is 0.416 e. The summed E-state index contributed by atoms with van der Waals surface area (Å²) in [5.41, 5.74) is 7.25. The van der Waals surface area contributed by atoms with Gasteiger partial charge in [0.1, 0.15) is 0 Å². The first kappa shape index (κ1) is 38.3. The van der Waals surface area contributed by atoms with E-state index in [0.29, 0.717) is 27.8 Å². The van der Waals surface area contributed by atoms with Crippen LogP contribution in [0.4, 0.5) is 13.2 Å². The molecule has 310 valence electrons. The van der Waals surface area contributed by atoms with Gasteiger partial charge in [0, 0.05) is 78.7 Å². The van der Waals surface area contributed by atoms with Crippen LogP contribution in [0.1, 0.15) is 16.7 Å². The Morgan fingerprint density at radius 3 is 1.59 bits per heavy atom. The fraction of sp³-hybridized carbons (Fsp3) is 0.0175. The lowest BCUT2D eigenvalue weighted by Crippen LogP contribution is -2.05. The molecule has 0 radical (unpaired) electrons. The van der Waals surface area contributed by atoms with E-state index < -0.39 is 11.7 Å². The molecule has 0 atom stereocenters. The Bertz CT molecular complexity index is 4320. The number of halogens is 3. The molecule has 66 heavy (non-hydrogen) atoms. The Kier molecular flexibility index (Phi) is 8.20. The summed E-state index contributed by atoms with van der Waals surface area (Å²) in [5.74, 6) is 0. The van der Waals surface area contributed by atoms with Crippen LogP contribution in [0, 0.1) is 22.7 Å². The number of hydrogen-bond donors (Lipinski definition) is 0. The maximum atomic E-state index is 14.0. The van der Waals surface area contributed by atoms with Gasteiger partial charge in [-0.15, -0.1) is 22.7 Å². The summed E-state index contributed by atoms with van der Waals surface area (Å²) in [7, 11) is 0. The molecule has 0 amide bonds. The molecular formula is C57H29F3N4S2. The van der Waals surface area contributed by atoms with Gasteiger partial charge in [-0.2, -0.15) is 23.7 Å². The number of rotatable bonds is 4. The zero-order valence-corrected chi connectivity index (χ0v) is 36.1. The number of nitriles is 2. The summed E-state index contributed by atoms with van der Waals surface area (Å²) in [6.07, 6.45) is -4.62. The molecule has 0 spiro atoms. The van der Waals surface area contributed by atoms with Gasteiger partial charge in [0.15, 0.2) is 0 Å². The van der Waals surface area contributed by atoms with Crippen LogP contribution >= 0.6 is 22.7 Å². The predicted octanol–water partition coefficient (Wildman–Crippen LogP) is 16.7. The van der Waals surface area contributed by atoms with Crippen molar-refractivity contribution in [1.29, 1.82) is 10.5 Å². The highest BCUT2D eigenvalue weighted by atomic mass is 32.1. The monoisotopic (exact) mass is 890 g/mol. The van der Waals surface area contributed by atoms with Gasteiger partial charge in [-0.3, -0.25) is 0 Å². The minimum atomic E-state index is -4.62. The molecule has 9 aromatic carbocycles. The molecule has 0 aliphatic heterocycles. The molecule has 0 unspecified atom stereocenters. The van der Waals surface area contributed by atoms with E-state index in [2.05, 4.69) is 124 Å². The lowest BCUT2D eigenvalue weighted by Gasteiger charge is -2.19. The van der Waals surface area contributed by atoms with Crippen LogP contribution in [0.5, 0.6) is 0 Å². The van der Waals surface area contributed by atoms with Crippen molar-refractivity contribution in [3.63, 3.8) is 0 Å². The summed E-state index contributed by atoms with van der Waals surface area (Å²) in [4.78, 5) is 0. The van der Waals surface area contributed by atoms with Crippen LogP contribution in [-0.2, 0) is 6.18 Å². The van der Waals surface area contributed by atoms with Crippen molar-refractivity contribution in [1.82, 2.24) is 9.13 Å². The van der Waals surface area contributed by atoms with E-state index in [1.807, 2.05) is 54.6 Å². The minimum absolute atomic E-state index is 0.0976. The summed E-state index contributed by atoms with van der Waals surface area (Å²) in [6, 6.07) is 61.8. The summed E-state index contributed by atoms with van der Waals surface area (Å²) in [6.45, 7) is 0. The summed E-state index contributed by atoms with van der Waals surface area (Å²) in [5, 5.41) is 30.5. The number of fused-ring (bicyclic) bond motifs is 14. The molecule has 4 heterocycles. The second-order valence-electron chi connectivity index (χ2n) is 16.5. The molecule has 0 saturated heterocycles. The van der Waals surface area contributed by atoms with E-state index in [0.717, 1.165) is 67.1 Å². The molecule has 9 heteroatoms. The lowest BCUT2D eigenvalue weighted by molar-refractivity contribution is -0.137. The van der Waals surface area contributed by atoms with Crippen LogP contribution in [0.3, 0.4) is 0 Å². The lowest BCUT2D eigenvalue weighted by atomic mass is 9.92. The average Bonchev–Trinajstić information content (AvgIpc) is 4.11. The fourth-order valence-corrected chi connectivity index (χ4v) is 12.7. The highest BCUT2D eigenvalue weighted by Crippen LogP contribution is 2.47. The molecule has 0 fully saturated rings. The van der Waals surface area contributed by atoms with E-state index in [1.54, 1.807) is 22.7 Å². The standard InChI is InChI=1S/C57H29F3N4S2/c58-57(59,60)35-19-21-37(34(27-35)31-62)32-18-24-48(64-47-14-6-2-12-43(47)54-50(64)26-23-41-39-10-4-8-16-52(39)66-56(41)54)45(28-32)44-29-36(20-17-33(44)30-61)63-46-13-5-1-11-42(46)53-49(63)25-22-40-38-9-3-7-15-51(38)65-55(40)53/h1-29H. The Labute approximate surface area is 382 Å². The van der Waals surface area contributed by atoms with Crippen molar-refractivity contribution >= 4 is 107 Å². The Hall–Kier alpha value is -8.21. The minimum Gasteiger partial charge on any atom is -0.309 e. The molecule has 13 rings (SSSR count). The Balaban J connectivity index is 1.12. The number of benzene rings is 9. The number of para-hydroxylation sites is 2. The van der Waals surface area contributed by atoms with Crippen LogP contribution in [0.25, 0.3) is 118 Å². The molecule has 4 nitrogen and oxygen atoms in total. The molecule has 13 aromatic rings. The SMILES string of the molecule is N#Cc1cc(C(F)(F)F)ccc1-c1ccc(-n2c3ccccc3c3c4sc5ccccc5c4ccc32)c(-c2cc(-n3c4ccccc4c4c5sc6ccccc6c5ccc43)ccc2C#N)c1. The summed E-state index contributed by atoms with van der Waals surface area (Å²) < 4.78 is 51.2. The third-order valence-electron chi connectivity index (χ3n) is 13.0. The number of thiophene rings is 2. The molecule has 0 N–H and O–H groups in total. The van der Waals surface area contributed by atoms with Crippen LogP contribution < -0.4 is 0 Å². The first-order valence-corrected chi connectivity index (χ1v) is 22.9. The number of aromatic nitrogens is 2. The number of alkyl halides is 3. The number of nitrogens with zero attached hydrogens (tertiary/aromatic N) is 4. The Morgan fingerprint density at radius 1 is 0.424 bits per heavy atom. The van der Waals surface area contributed by atoms with Gasteiger partial charge < -0.3 is 9.13 Å². The zero-order chi connectivity index (χ0) is 44.4. The molecule has 0 bridgehead atoms. The highest BCUT2D eigenvalue weighted by molar-refractivity contribution is 7.27. The third kappa shape index (κ3) is 5.48. The van der Waals surface area contributed by atoms with Crippen LogP contribution in [0.15, 0.2) is 176 Å². The van der Waals surface area contributed by atoms with Gasteiger partial charge in [0.2, 0.25) is 0 Å². The van der Waals surface area contributed by atoms with Gasteiger partial charge in [-0.25, -0.2) is 0 Å². The number of hydrogen-bond acceptors (Lipinski definition) is 4. The third-order valence-corrected chi connectivity index (χ3v) is 15.5. The average molecular weight is 891 g/mol. The molecule has 0 aliphatic carbocycles. The van der Waals surface area contributed by atoms with Crippen molar-refractivity contribution in [2.75, 3.05) is 0 Å². The second-order valence-corrected chi connectivity index (χ2v) is 18.6. The van der Waals surface area contributed by atoms with Crippen molar-refractivity contribution in [3.05, 3.63) is 193 Å². The zero-order valence-electron chi connectivity index (χ0n) is 34.5. The van der Waals surface area contributed by atoms with Gasteiger partial charge in [0.25, 0.3) is 0 Å². The topological polar surface area (TPSA) is 57.4 Å². The van der Waals surface area contributed by atoms with E-state index in [9.17, 15) is 23.7 Å². The quantitative estimate of drug-likeness (QED) is 0.177. The van der Waals surface area contributed by atoms with Crippen molar-refractivity contribution < 1.29 is 13.2 Å². The normalized spacial score (nSPS) is 12.1. The molecular weight excluding hydrogens is 862 g/mol. The van der Waals surface area contributed by atoms with Crippen molar-refractivity contribution in [2.45, 2.75) is 6.18 Å². The molecule has 4 aromatic heterocycles. The van der Waals surface area contributed by atoms with Crippen molar-refractivity contribution in [2.24, 2.45) is 0 Å². The highest BCUT2D eigenvalue weighted by Gasteiger charge is 2.31. The van der Waals surface area contributed by atoms with Crippen LogP contribution in [0.2, 0.25) is 0 Å². The smallest absolute Gasteiger partial charge is 0.309 e. The van der Waals surface area contributed by atoms with Gasteiger partial charge >= 0.3 is 6.18 Å². The maximum absolute atomic E-state index is 14.0. The van der Waals surface area contributed by atoms with Gasteiger partial charge in [-0.1, -0.05) is 97.1 Å². The van der Waals surface area contributed by atoms with E-state index >= 15 is 0 Å². The maximum Gasteiger partial charge on any atom is 0.416 e. The van der Waals surface area contributed by atoms with E-state index in [4.69, 9.17) is 0 Å². The molecule has 0 saturated carbocycles. The summed E-state index contributed by atoms with van der Waals surface area (Å²) >= 11 is 3.55. The molecule has 0 aliphatic rings. The Morgan fingerprint density at radius 2 is 0.985 bits per heavy atom. The predicted molar refractivity (Wildman–Crippen MR) is 266 cm³/mol.